The second kappa shape index (κ2) is 9.72. The Morgan fingerprint density at radius 3 is 2.34 bits per heavy atom. The zero-order valence-corrected chi connectivity index (χ0v) is 21.0. The number of nitrogens with zero attached hydrogens (tertiary/aromatic N) is 3. The van der Waals surface area contributed by atoms with Crippen LogP contribution >= 0.6 is 0 Å². The molecule has 0 bridgehead atoms. The molecule has 35 heavy (non-hydrogen) atoms. The maximum atomic E-state index is 14.3. The van der Waals surface area contributed by atoms with Crippen molar-refractivity contribution in [2.75, 3.05) is 18.8 Å². The Morgan fingerprint density at radius 1 is 1.14 bits per heavy atom. The fraction of sp³-hybridized carbons (Fsp3) is 0.583. The zero-order chi connectivity index (χ0) is 26.2. The van der Waals surface area contributed by atoms with Crippen molar-refractivity contribution in [3.05, 3.63) is 47.7 Å². The van der Waals surface area contributed by atoms with Gasteiger partial charge in [0.15, 0.2) is 0 Å². The number of aromatic nitrogens is 2. The van der Waals surface area contributed by atoms with E-state index in [4.69, 9.17) is 0 Å². The van der Waals surface area contributed by atoms with Gasteiger partial charge in [-0.15, -0.1) is 0 Å². The zero-order valence-electron chi connectivity index (χ0n) is 20.2. The Hall–Kier alpha value is -2.14. The second-order valence-electron chi connectivity index (χ2n) is 9.95. The molecule has 0 unspecified atom stereocenters. The smallest absolute Gasteiger partial charge is 0.212 e. The van der Waals surface area contributed by atoms with E-state index in [2.05, 4.69) is 10.2 Å². The van der Waals surface area contributed by atoms with Crippen LogP contribution in [0.15, 0.2) is 30.5 Å². The van der Waals surface area contributed by atoms with E-state index in [1.165, 1.54) is 12.3 Å². The fourth-order valence-electron chi connectivity index (χ4n) is 5.04. The van der Waals surface area contributed by atoms with E-state index < -0.39 is 50.8 Å². The molecule has 1 aromatic heterocycles. The van der Waals surface area contributed by atoms with E-state index in [1.807, 2.05) is 20.8 Å². The maximum Gasteiger partial charge on any atom is 0.390 e. The summed E-state index contributed by atoms with van der Waals surface area (Å²) in [6, 6.07) is 5.15. The molecule has 1 fully saturated rings. The van der Waals surface area contributed by atoms with Crippen LogP contribution in [0.4, 0.5) is 22.0 Å². The third-order valence-corrected chi connectivity index (χ3v) is 9.52. The third kappa shape index (κ3) is 5.66. The van der Waals surface area contributed by atoms with Crippen molar-refractivity contribution in [2.24, 2.45) is 10.8 Å². The van der Waals surface area contributed by atoms with Crippen LogP contribution in [0.2, 0.25) is 0 Å². The van der Waals surface area contributed by atoms with Crippen molar-refractivity contribution < 1.29 is 30.4 Å². The summed E-state index contributed by atoms with van der Waals surface area (Å²) in [5, 5.41) is 7.88. The van der Waals surface area contributed by atoms with Crippen molar-refractivity contribution in [1.82, 2.24) is 14.5 Å². The Bertz CT molecular complexity index is 1150. The minimum Gasteiger partial charge on any atom is -0.212 e. The summed E-state index contributed by atoms with van der Waals surface area (Å²) in [5.41, 5.74) is -0.560. The number of sulfonamides is 1. The van der Waals surface area contributed by atoms with E-state index in [0.29, 0.717) is 18.4 Å². The lowest BCUT2D eigenvalue weighted by atomic mass is 9.64. The first-order valence-electron chi connectivity index (χ1n) is 11.4. The number of rotatable bonds is 8. The Kier molecular flexibility index (Phi) is 7.63. The maximum absolute atomic E-state index is 14.3. The molecule has 3 rings (SSSR count). The van der Waals surface area contributed by atoms with Gasteiger partial charge in [0.1, 0.15) is 11.6 Å². The van der Waals surface area contributed by atoms with E-state index >= 15 is 0 Å². The second-order valence-corrected chi connectivity index (χ2v) is 12.0. The van der Waals surface area contributed by atoms with Gasteiger partial charge in [-0.3, -0.25) is 0 Å². The highest BCUT2D eigenvalue weighted by atomic mass is 32.2. The lowest BCUT2D eigenvalue weighted by Gasteiger charge is -2.44. The summed E-state index contributed by atoms with van der Waals surface area (Å²) in [7, 11) is -4.11. The van der Waals surface area contributed by atoms with Crippen LogP contribution in [0.25, 0.3) is 11.3 Å². The number of halogens is 5. The number of hydrogen-bond acceptors (Lipinski definition) is 4. The van der Waals surface area contributed by atoms with Gasteiger partial charge in [-0.1, -0.05) is 33.8 Å². The standard InChI is InChI=1S/C24H30F5N3O2S/c1-5-32(35(33,34)12-11-24(27,28)29)15-23(4)10-9-17(22(23,2)3)16-13-20(31-30-14-16)21-18(25)7-6-8-19(21)26/h6-8,13-14,17H,5,9-12,15H2,1-4H3/t17-,23-/m0/s1. The van der Waals surface area contributed by atoms with E-state index in [-0.39, 0.29) is 30.3 Å². The van der Waals surface area contributed by atoms with Crippen molar-refractivity contribution in [1.29, 1.82) is 0 Å². The van der Waals surface area contributed by atoms with Crippen LogP contribution < -0.4 is 0 Å². The minimum atomic E-state index is -4.56. The molecule has 0 radical (unpaired) electrons. The molecule has 0 spiro atoms. The summed E-state index contributed by atoms with van der Waals surface area (Å²) < 4.78 is 93.1. The molecule has 1 aliphatic rings. The van der Waals surface area contributed by atoms with Gasteiger partial charge in [-0.2, -0.15) is 23.4 Å². The molecule has 1 aliphatic carbocycles. The minimum absolute atomic E-state index is 0.0596. The monoisotopic (exact) mass is 519 g/mol. The summed E-state index contributed by atoms with van der Waals surface area (Å²) >= 11 is 0. The molecule has 0 amide bonds. The van der Waals surface area contributed by atoms with Gasteiger partial charge < -0.3 is 0 Å². The molecule has 1 saturated carbocycles. The molecule has 0 N–H and O–H groups in total. The largest absolute Gasteiger partial charge is 0.390 e. The highest BCUT2D eigenvalue weighted by molar-refractivity contribution is 7.89. The van der Waals surface area contributed by atoms with Crippen LogP contribution in [0.1, 0.15) is 58.4 Å². The van der Waals surface area contributed by atoms with E-state index in [1.54, 1.807) is 13.0 Å². The molecule has 2 atom stereocenters. The predicted molar refractivity (Wildman–Crippen MR) is 123 cm³/mol. The molecule has 1 heterocycles. The average molecular weight is 520 g/mol. The summed E-state index contributed by atoms with van der Waals surface area (Å²) in [6.07, 6.45) is -3.15. The van der Waals surface area contributed by atoms with Crippen LogP contribution in [-0.2, 0) is 10.0 Å². The van der Waals surface area contributed by atoms with Gasteiger partial charge >= 0.3 is 6.18 Å². The van der Waals surface area contributed by atoms with Gasteiger partial charge in [0.2, 0.25) is 10.0 Å². The van der Waals surface area contributed by atoms with Crippen molar-refractivity contribution in [2.45, 2.75) is 59.1 Å². The van der Waals surface area contributed by atoms with Gasteiger partial charge in [0.05, 0.1) is 29.6 Å². The highest BCUT2D eigenvalue weighted by Crippen LogP contribution is 2.60. The molecular weight excluding hydrogens is 489 g/mol. The van der Waals surface area contributed by atoms with Crippen molar-refractivity contribution in [3.8, 4) is 11.3 Å². The van der Waals surface area contributed by atoms with Gasteiger partial charge in [-0.05, 0) is 53.4 Å². The van der Waals surface area contributed by atoms with E-state index in [9.17, 15) is 30.4 Å². The molecule has 11 heteroatoms. The lowest BCUT2D eigenvalue weighted by molar-refractivity contribution is -0.130. The molecular formula is C24H30F5N3O2S. The van der Waals surface area contributed by atoms with Crippen LogP contribution in [0.3, 0.4) is 0 Å². The normalized spacial score (nSPS) is 22.6. The quantitative estimate of drug-likeness (QED) is 0.405. The molecule has 2 aromatic rings. The van der Waals surface area contributed by atoms with E-state index in [0.717, 1.165) is 16.4 Å². The topological polar surface area (TPSA) is 63.2 Å². The average Bonchev–Trinajstić information content (AvgIpc) is 2.99. The van der Waals surface area contributed by atoms with Gasteiger partial charge in [0, 0.05) is 13.1 Å². The van der Waals surface area contributed by atoms with Gasteiger partial charge in [0.25, 0.3) is 0 Å². The Labute approximate surface area is 202 Å². The van der Waals surface area contributed by atoms with Crippen LogP contribution in [0.5, 0.6) is 0 Å². The van der Waals surface area contributed by atoms with Crippen LogP contribution in [0, 0.1) is 22.5 Å². The summed E-state index contributed by atoms with van der Waals surface area (Å²) in [5.74, 6) is -2.63. The molecule has 194 valence electrons. The molecule has 5 nitrogen and oxygen atoms in total. The van der Waals surface area contributed by atoms with Crippen LogP contribution in [-0.4, -0.2) is 47.9 Å². The summed E-state index contributed by atoms with van der Waals surface area (Å²) in [4.78, 5) is 0. The SMILES string of the molecule is CCN(C[C@]1(C)CC[C@@H](c2cnnc(-c3c(F)cccc3F)c2)C1(C)C)S(=O)(=O)CCC(F)(F)F. The predicted octanol–water partition coefficient (Wildman–Crippen LogP) is 5.94. The Balaban J connectivity index is 1.88. The molecule has 0 saturated heterocycles. The lowest BCUT2D eigenvalue weighted by Crippen LogP contribution is -2.46. The molecule has 0 aliphatic heterocycles. The first kappa shape index (κ1) is 27.4. The Morgan fingerprint density at radius 2 is 1.77 bits per heavy atom. The molecule has 1 aromatic carbocycles. The highest BCUT2D eigenvalue weighted by Gasteiger charge is 2.53. The fourth-order valence-corrected chi connectivity index (χ4v) is 6.66. The third-order valence-electron chi connectivity index (χ3n) is 7.62. The van der Waals surface area contributed by atoms with Crippen molar-refractivity contribution in [3.63, 3.8) is 0 Å². The number of alkyl halides is 3. The van der Waals surface area contributed by atoms with Gasteiger partial charge in [-0.25, -0.2) is 21.5 Å². The first-order valence-corrected chi connectivity index (χ1v) is 13.0. The van der Waals surface area contributed by atoms with Crippen molar-refractivity contribution >= 4 is 10.0 Å². The summed E-state index contributed by atoms with van der Waals surface area (Å²) in [6.45, 7) is 7.62. The first-order chi connectivity index (χ1) is 16.1. The number of hydrogen-bond donors (Lipinski definition) is 0. The number of benzene rings is 1.